The molecule has 1 aromatic heterocycles. The van der Waals surface area contributed by atoms with Crippen molar-refractivity contribution in [3.8, 4) is 0 Å². The van der Waals surface area contributed by atoms with Crippen LogP contribution in [-0.4, -0.2) is 17.6 Å². The number of alkyl halides is 5. The summed E-state index contributed by atoms with van der Waals surface area (Å²) in [4.78, 5) is 14.2. The van der Waals surface area contributed by atoms with Gasteiger partial charge in [0.05, 0.1) is 17.2 Å². The molecule has 1 rings (SSSR count). The maximum Gasteiger partial charge on any atom is 0.433 e. The van der Waals surface area contributed by atoms with Crippen LogP contribution >= 0.6 is 11.6 Å². The fraction of sp³-hybridized carbons (Fsp3) is 0.400. The van der Waals surface area contributed by atoms with Crippen molar-refractivity contribution in [2.24, 2.45) is 0 Å². The first-order valence-electron chi connectivity index (χ1n) is 4.91. The third kappa shape index (κ3) is 3.52. The quantitative estimate of drug-likeness (QED) is 0.628. The number of hydrogen-bond acceptors (Lipinski definition) is 3. The van der Waals surface area contributed by atoms with Crippen LogP contribution in [0.5, 0.6) is 0 Å². The standard InChI is InChI=1S/C10H7ClF5NO2/c1-2-19-9(18)7-6(8(12)13)4(11)3-5(17-7)10(14,15)16/h3,8H,2H2,1H3. The smallest absolute Gasteiger partial charge is 0.433 e. The molecule has 0 radical (unpaired) electrons. The lowest BCUT2D eigenvalue weighted by Crippen LogP contribution is -2.17. The van der Waals surface area contributed by atoms with E-state index >= 15 is 0 Å². The summed E-state index contributed by atoms with van der Waals surface area (Å²) >= 11 is 5.35. The number of halogens is 6. The lowest BCUT2D eigenvalue weighted by atomic mass is 10.1. The van der Waals surface area contributed by atoms with E-state index in [0.717, 1.165) is 0 Å². The van der Waals surface area contributed by atoms with Crippen LogP contribution in [0.25, 0.3) is 0 Å². The molecule has 0 unspecified atom stereocenters. The predicted molar refractivity (Wildman–Crippen MR) is 55.2 cm³/mol. The first kappa shape index (κ1) is 15.6. The number of nitrogens with zero attached hydrogens (tertiary/aromatic N) is 1. The van der Waals surface area contributed by atoms with E-state index in [9.17, 15) is 26.7 Å². The highest BCUT2D eigenvalue weighted by molar-refractivity contribution is 6.31. The van der Waals surface area contributed by atoms with Gasteiger partial charge >= 0.3 is 12.1 Å². The van der Waals surface area contributed by atoms with E-state index in [2.05, 4.69) is 9.72 Å². The van der Waals surface area contributed by atoms with E-state index in [1.54, 1.807) is 0 Å². The topological polar surface area (TPSA) is 39.2 Å². The molecule has 0 aliphatic carbocycles. The number of ether oxygens (including phenoxy) is 1. The molecular weight excluding hydrogens is 297 g/mol. The molecule has 0 amide bonds. The first-order valence-corrected chi connectivity index (χ1v) is 5.29. The van der Waals surface area contributed by atoms with Gasteiger partial charge in [0.15, 0.2) is 5.69 Å². The van der Waals surface area contributed by atoms with Crippen molar-refractivity contribution in [2.45, 2.75) is 19.5 Å². The molecule has 1 heterocycles. The van der Waals surface area contributed by atoms with Crippen LogP contribution in [0.1, 0.15) is 35.1 Å². The fourth-order valence-corrected chi connectivity index (χ4v) is 1.51. The van der Waals surface area contributed by atoms with Crippen LogP contribution in [0.2, 0.25) is 5.02 Å². The number of esters is 1. The number of carbonyl (C=O) groups is 1. The molecule has 0 aliphatic rings. The van der Waals surface area contributed by atoms with Crippen LogP contribution in [0.3, 0.4) is 0 Å². The molecule has 0 aliphatic heterocycles. The lowest BCUT2D eigenvalue weighted by molar-refractivity contribution is -0.141. The Morgan fingerprint density at radius 1 is 1.47 bits per heavy atom. The summed E-state index contributed by atoms with van der Waals surface area (Å²) in [6, 6.07) is 0.242. The van der Waals surface area contributed by atoms with Crippen molar-refractivity contribution in [3.63, 3.8) is 0 Å². The van der Waals surface area contributed by atoms with Crippen molar-refractivity contribution < 1.29 is 31.5 Å². The molecule has 0 bridgehead atoms. The van der Waals surface area contributed by atoms with Gasteiger partial charge in [0.25, 0.3) is 6.43 Å². The van der Waals surface area contributed by atoms with Crippen LogP contribution in [0.4, 0.5) is 22.0 Å². The fourth-order valence-electron chi connectivity index (χ4n) is 1.23. The summed E-state index contributed by atoms with van der Waals surface area (Å²) in [5, 5.41) is -0.889. The average molecular weight is 304 g/mol. The molecule has 0 N–H and O–H groups in total. The monoisotopic (exact) mass is 303 g/mol. The van der Waals surface area contributed by atoms with E-state index in [4.69, 9.17) is 11.6 Å². The molecule has 0 saturated heterocycles. The Bertz CT molecular complexity index is 490. The Hall–Kier alpha value is -1.44. The Morgan fingerprint density at radius 2 is 2.05 bits per heavy atom. The maximum absolute atomic E-state index is 12.7. The van der Waals surface area contributed by atoms with Crippen LogP contribution in [0.15, 0.2) is 6.07 Å². The summed E-state index contributed by atoms with van der Waals surface area (Å²) in [6.45, 7) is 1.17. The van der Waals surface area contributed by atoms with Gasteiger partial charge in [-0.15, -0.1) is 0 Å². The van der Waals surface area contributed by atoms with E-state index < -0.39 is 40.5 Å². The predicted octanol–water partition coefficient (Wildman–Crippen LogP) is 3.87. The molecule has 106 valence electrons. The molecule has 0 spiro atoms. The average Bonchev–Trinajstić information content (AvgIpc) is 2.26. The summed E-state index contributed by atoms with van der Waals surface area (Å²) < 4.78 is 67.2. The van der Waals surface area contributed by atoms with Crippen molar-refractivity contribution in [1.82, 2.24) is 4.98 Å². The van der Waals surface area contributed by atoms with Crippen molar-refractivity contribution >= 4 is 17.6 Å². The molecule has 1 aromatic rings. The minimum Gasteiger partial charge on any atom is -0.461 e. The number of carbonyl (C=O) groups excluding carboxylic acids is 1. The van der Waals surface area contributed by atoms with Gasteiger partial charge in [-0.3, -0.25) is 0 Å². The minimum atomic E-state index is -4.91. The molecule has 0 aromatic carbocycles. The molecule has 3 nitrogen and oxygen atoms in total. The Morgan fingerprint density at radius 3 is 2.47 bits per heavy atom. The Kier molecular flexibility index (Phi) is 4.67. The van der Waals surface area contributed by atoms with Crippen molar-refractivity contribution in [1.29, 1.82) is 0 Å². The maximum atomic E-state index is 12.7. The zero-order valence-corrected chi connectivity index (χ0v) is 10.1. The number of rotatable bonds is 3. The molecule has 19 heavy (non-hydrogen) atoms. The zero-order valence-electron chi connectivity index (χ0n) is 9.39. The van der Waals surface area contributed by atoms with E-state index in [0.29, 0.717) is 0 Å². The minimum absolute atomic E-state index is 0.197. The number of hydrogen-bond donors (Lipinski definition) is 0. The zero-order chi connectivity index (χ0) is 14.8. The van der Waals surface area contributed by atoms with Gasteiger partial charge in [0.1, 0.15) is 5.69 Å². The first-order chi connectivity index (χ1) is 8.68. The second-order valence-electron chi connectivity index (χ2n) is 3.27. The van der Waals surface area contributed by atoms with Crippen LogP contribution in [-0.2, 0) is 10.9 Å². The molecule has 0 fully saturated rings. The molecular formula is C10H7ClF5NO2. The highest BCUT2D eigenvalue weighted by Crippen LogP contribution is 2.35. The van der Waals surface area contributed by atoms with Gasteiger partial charge in [-0.05, 0) is 13.0 Å². The van der Waals surface area contributed by atoms with Gasteiger partial charge in [-0.2, -0.15) is 13.2 Å². The van der Waals surface area contributed by atoms with Gasteiger partial charge in [-0.1, -0.05) is 11.6 Å². The SMILES string of the molecule is CCOC(=O)c1nc(C(F)(F)F)cc(Cl)c1C(F)F. The summed E-state index contributed by atoms with van der Waals surface area (Å²) in [5.41, 5.74) is -3.74. The third-order valence-corrected chi connectivity index (χ3v) is 2.30. The van der Waals surface area contributed by atoms with E-state index in [1.807, 2.05) is 0 Å². The molecule has 9 heteroatoms. The van der Waals surface area contributed by atoms with Gasteiger partial charge in [0.2, 0.25) is 0 Å². The van der Waals surface area contributed by atoms with Gasteiger partial charge in [0, 0.05) is 0 Å². The van der Waals surface area contributed by atoms with Crippen molar-refractivity contribution in [2.75, 3.05) is 6.61 Å². The van der Waals surface area contributed by atoms with Crippen LogP contribution in [0, 0.1) is 0 Å². The summed E-state index contributed by atoms with van der Waals surface area (Å²) in [6.07, 6.45) is -8.16. The van der Waals surface area contributed by atoms with Gasteiger partial charge < -0.3 is 4.74 Å². The lowest BCUT2D eigenvalue weighted by Gasteiger charge is -2.13. The second-order valence-corrected chi connectivity index (χ2v) is 3.68. The number of pyridine rings is 1. The summed E-state index contributed by atoms with van der Waals surface area (Å²) in [7, 11) is 0. The third-order valence-electron chi connectivity index (χ3n) is 1.99. The Labute approximate surface area is 109 Å². The largest absolute Gasteiger partial charge is 0.461 e. The number of aromatic nitrogens is 1. The highest BCUT2D eigenvalue weighted by atomic mass is 35.5. The van der Waals surface area contributed by atoms with Gasteiger partial charge in [-0.25, -0.2) is 18.6 Å². The van der Waals surface area contributed by atoms with E-state index in [-0.39, 0.29) is 12.7 Å². The molecule has 0 saturated carbocycles. The van der Waals surface area contributed by atoms with E-state index in [1.165, 1.54) is 6.92 Å². The normalized spacial score (nSPS) is 11.8. The molecule has 0 atom stereocenters. The summed E-state index contributed by atoms with van der Waals surface area (Å²) in [5.74, 6) is -1.38. The van der Waals surface area contributed by atoms with Crippen LogP contribution < -0.4 is 0 Å². The highest BCUT2D eigenvalue weighted by Gasteiger charge is 2.36. The second kappa shape index (κ2) is 5.68. The van der Waals surface area contributed by atoms with Crippen molar-refractivity contribution in [3.05, 3.63) is 28.0 Å². The Balaban J connectivity index is 3.46.